The van der Waals surface area contributed by atoms with Gasteiger partial charge in [0.25, 0.3) is 5.91 Å². The minimum Gasteiger partial charge on any atom is -0.446 e. The molecule has 0 saturated carbocycles. The van der Waals surface area contributed by atoms with Crippen LogP contribution in [-0.2, 0) is 6.42 Å². The third-order valence-corrected chi connectivity index (χ3v) is 2.78. The van der Waals surface area contributed by atoms with Crippen molar-refractivity contribution in [2.24, 2.45) is 5.73 Å². The van der Waals surface area contributed by atoms with E-state index in [0.29, 0.717) is 24.4 Å². The smallest absolute Gasteiger partial charge is 0.273 e. The molecule has 0 bridgehead atoms. The number of rotatable bonds is 5. The Labute approximate surface area is 116 Å². The third kappa shape index (κ3) is 3.42. The summed E-state index contributed by atoms with van der Waals surface area (Å²) in [5.41, 5.74) is 6.32. The summed E-state index contributed by atoms with van der Waals surface area (Å²) in [7, 11) is 0. The van der Waals surface area contributed by atoms with Gasteiger partial charge < -0.3 is 15.5 Å². The minimum absolute atomic E-state index is 0.172. The highest BCUT2D eigenvalue weighted by Crippen LogP contribution is 2.09. The number of nitrogens with two attached hydrogens (primary N) is 1. The number of oxazole rings is 1. The average Bonchev–Trinajstić information content (AvgIpc) is 2.91. The monoisotopic (exact) mass is 277 g/mol. The van der Waals surface area contributed by atoms with Gasteiger partial charge in [-0.2, -0.15) is 0 Å². The molecule has 1 atom stereocenters. The van der Waals surface area contributed by atoms with E-state index in [0.717, 1.165) is 0 Å². The molecular weight excluding hydrogens is 261 g/mol. The Morgan fingerprint density at radius 1 is 1.50 bits per heavy atom. The van der Waals surface area contributed by atoms with Gasteiger partial charge in [-0.25, -0.2) is 9.37 Å². The number of nitrogens with one attached hydrogen (secondary N) is 1. The van der Waals surface area contributed by atoms with E-state index in [2.05, 4.69) is 10.3 Å². The van der Waals surface area contributed by atoms with Gasteiger partial charge in [0.05, 0.1) is 6.04 Å². The van der Waals surface area contributed by atoms with Crippen molar-refractivity contribution in [3.8, 4) is 0 Å². The lowest BCUT2D eigenvalue weighted by Crippen LogP contribution is -2.26. The molecule has 3 N–H and O–H groups in total. The molecule has 2 aromatic rings. The van der Waals surface area contributed by atoms with Crippen molar-refractivity contribution in [1.29, 1.82) is 0 Å². The molecule has 0 saturated heterocycles. The van der Waals surface area contributed by atoms with Crippen LogP contribution < -0.4 is 11.1 Å². The maximum absolute atomic E-state index is 13.4. The molecule has 106 valence electrons. The van der Waals surface area contributed by atoms with Gasteiger partial charge >= 0.3 is 0 Å². The highest BCUT2D eigenvalue weighted by molar-refractivity contribution is 5.91. The van der Waals surface area contributed by atoms with Crippen LogP contribution in [0, 0.1) is 5.82 Å². The lowest BCUT2D eigenvalue weighted by atomic mass is 10.1. The van der Waals surface area contributed by atoms with Crippen LogP contribution in [0.2, 0.25) is 0 Å². The van der Waals surface area contributed by atoms with Gasteiger partial charge in [0.1, 0.15) is 12.1 Å². The summed E-state index contributed by atoms with van der Waals surface area (Å²) in [6.07, 6.45) is 1.67. The number of nitrogens with zero attached hydrogens (tertiary/aromatic N) is 1. The molecule has 1 unspecified atom stereocenters. The van der Waals surface area contributed by atoms with Crippen molar-refractivity contribution in [2.75, 3.05) is 6.54 Å². The molecule has 0 aliphatic rings. The maximum Gasteiger partial charge on any atom is 0.273 e. The second-order valence-corrected chi connectivity index (χ2v) is 4.46. The second-order valence-electron chi connectivity index (χ2n) is 4.46. The Morgan fingerprint density at radius 3 is 2.90 bits per heavy atom. The molecule has 20 heavy (non-hydrogen) atoms. The fourth-order valence-electron chi connectivity index (χ4n) is 1.70. The quantitative estimate of drug-likeness (QED) is 0.873. The summed E-state index contributed by atoms with van der Waals surface area (Å²) in [6, 6.07) is 6.10. The third-order valence-electron chi connectivity index (χ3n) is 2.78. The Kier molecular flexibility index (Phi) is 4.47. The summed E-state index contributed by atoms with van der Waals surface area (Å²) >= 11 is 0. The Morgan fingerprint density at radius 2 is 2.25 bits per heavy atom. The first-order valence-corrected chi connectivity index (χ1v) is 6.30. The van der Waals surface area contributed by atoms with Crippen LogP contribution in [0.15, 0.2) is 34.9 Å². The summed E-state index contributed by atoms with van der Waals surface area (Å²) in [4.78, 5) is 15.8. The molecule has 0 fully saturated rings. The van der Waals surface area contributed by atoms with Gasteiger partial charge in [-0.3, -0.25) is 4.79 Å². The predicted molar refractivity (Wildman–Crippen MR) is 71.5 cm³/mol. The second kappa shape index (κ2) is 6.29. The normalized spacial score (nSPS) is 12.2. The average molecular weight is 277 g/mol. The summed E-state index contributed by atoms with van der Waals surface area (Å²) in [5, 5.41) is 2.66. The van der Waals surface area contributed by atoms with Gasteiger partial charge in [-0.1, -0.05) is 18.2 Å². The van der Waals surface area contributed by atoms with E-state index in [9.17, 15) is 9.18 Å². The molecule has 1 aromatic heterocycles. The zero-order chi connectivity index (χ0) is 14.5. The summed E-state index contributed by atoms with van der Waals surface area (Å²) in [6.45, 7) is 2.03. The molecule has 5 nitrogen and oxygen atoms in total. The van der Waals surface area contributed by atoms with Crippen LogP contribution in [0.4, 0.5) is 4.39 Å². The van der Waals surface area contributed by atoms with E-state index >= 15 is 0 Å². The molecular formula is C14H16FN3O2. The fraction of sp³-hybridized carbons (Fsp3) is 0.286. The molecule has 0 spiro atoms. The standard InChI is InChI=1S/C14H16FN3O2/c1-9(16)14-18-12(8-20-14)13(19)17-7-6-10-4-2-3-5-11(10)15/h2-5,8-9H,6-7,16H2,1H3,(H,17,19). The van der Waals surface area contributed by atoms with Gasteiger partial charge in [-0.05, 0) is 25.0 Å². The largest absolute Gasteiger partial charge is 0.446 e. The molecule has 0 aliphatic heterocycles. The predicted octanol–water partition coefficient (Wildman–Crippen LogP) is 1.81. The van der Waals surface area contributed by atoms with Crippen molar-refractivity contribution in [3.05, 3.63) is 53.5 Å². The first-order chi connectivity index (χ1) is 9.58. The number of aromatic nitrogens is 1. The van der Waals surface area contributed by atoms with E-state index in [1.165, 1.54) is 12.3 Å². The molecule has 2 rings (SSSR count). The fourth-order valence-corrected chi connectivity index (χ4v) is 1.70. The number of carbonyl (C=O) groups is 1. The molecule has 1 aromatic carbocycles. The topological polar surface area (TPSA) is 81.1 Å². The molecule has 0 aliphatic carbocycles. The van der Waals surface area contributed by atoms with Gasteiger partial charge in [0, 0.05) is 6.54 Å². The molecule has 1 heterocycles. The van der Waals surface area contributed by atoms with Crippen LogP contribution in [0.1, 0.15) is 34.9 Å². The maximum atomic E-state index is 13.4. The minimum atomic E-state index is -0.366. The van der Waals surface area contributed by atoms with Crippen molar-refractivity contribution < 1.29 is 13.6 Å². The van der Waals surface area contributed by atoms with E-state index in [4.69, 9.17) is 10.2 Å². The van der Waals surface area contributed by atoms with Crippen molar-refractivity contribution >= 4 is 5.91 Å². The summed E-state index contributed by atoms with van der Waals surface area (Å²) < 4.78 is 18.4. The Bertz CT molecular complexity index is 596. The van der Waals surface area contributed by atoms with E-state index in [-0.39, 0.29) is 23.5 Å². The zero-order valence-electron chi connectivity index (χ0n) is 11.1. The molecule has 6 heteroatoms. The number of carbonyl (C=O) groups excluding carboxylic acids is 1. The summed E-state index contributed by atoms with van der Waals surface area (Å²) in [5.74, 6) is -0.330. The Balaban J connectivity index is 1.87. The number of benzene rings is 1. The number of amides is 1. The van der Waals surface area contributed by atoms with E-state index in [1.807, 2.05) is 0 Å². The molecule has 0 radical (unpaired) electrons. The lowest BCUT2D eigenvalue weighted by Gasteiger charge is -2.04. The van der Waals surface area contributed by atoms with Gasteiger partial charge in [0.15, 0.2) is 5.69 Å². The highest BCUT2D eigenvalue weighted by atomic mass is 19.1. The number of halogens is 1. The van der Waals surface area contributed by atoms with Crippen LogP contribution in [-0.4, -0.2) is 17.4 Å². The zero-order valence-corrected chi connectivity index (χ0v) is 11.1. The van der Waals surface area contributed by atoms with Crippen LogP contribution in [0.25, 0.3) is 0 Å². The lowest BCUT2D eigenvalue weighted by molar-refractivity contribution is 0.0949. The van der Waals surface area contributed by atoms with Crippen LogP contribution in [0.3, 0.4) is 0 Å². The van der Waals surface area contributed by atoms with Crippen molar-refractivity contribution in [2.45, 2.75) is 19.4 Å². The van der Waals surface area contributed by atoms with E-state index in [1.54, 1.807) is 25.1 Å². The van der Waals surface area contributed by atoms with Crippen LogP contribution >= 0.6 is 0 Å². The highest BCUT2D eigenvalue weighted by Gasteiger charge is 2.14. The SMILES string of the molecule is CC(N)c1nc(C(=O)NCCc2ccccc2F)co1. The van der Waals surface area contributed by atoms with Gasteiger partial charge in [-0.15, -0.1) is 0 Å². The first kappa shape index (κ1) is 14.2. The first-order valence-electron chi connectivity index (χ1n) is 6.30. The molecule has 1 amide bonds. The van der Waals surface area contributed by atoms with Crippen molar-refractivity contribution in [1.82, 2.24) is 10.3 Å². The van der Waals surface area contributed by atoms with Crippen LogP contribution in [0.5, 0.6) is 0 Å². The van der Waals surface area contributed by atoms with Crippen molar-refractivity contribution in [3.63, 3.8) is 0 Å². The number of hydrogen-bond acceptors (Lipinski definition) is 4. The number of hydrogen-bond donors (Lipinski definition) is 2. The Hall–Kier alpha value is -2.21. The van der Waals surface area contributed by atoms with Gasteiger partial charge in [0.2, 0.25) is 5.89 Å². The van der Waals surface area contributed by atoms with E-state index < -0.39 is 0 Å².